The van der Waals surface area contributed by atoms with Gasteiger partial charge in [0.25, 0.3) is 0 Å². The predicted molar refractivity (Wildman–Crippen MR) is 92.3 cm³/mol. The van der Waals surface area contributed by atoms with Crippen molar-refractivity contribution >= 4 is 29.9 Å². The third-order valence-electron chi connectivity index (χ3n) is 4.77. The fourth-order valence-corrected chi connectivity index (χ4v) is 3.60. The summed E-state index contributed by atoms with van der Waals surface area (Å²) >= 11 is 0. The van der Waals surface area contributed by atoms with Gasteiger partial charge in [-0.25, -0.2) is 0 Å². The fourth-order valence-electron chi connectivity index (χ4n) is 3.60. The number of nitrogens with zero attached hydrogens (tertiary/aromatic N) is 1. The normalized spacial score (nSPS) is 23.5. The summed E-state index contributed by atoms with van der Waals surface area (Å²) < 4.78 is 0. The minimum atomic E-state index is -0.0317. The van der Waals surface area contributed by atoms with Crippen LogP contribution in [0.25, 0.3) is 0 Å². The van der Waals surface area contributed by atoms with E-state index in [1.54, 1.807) is 4.90 Å². The van der Waals surface area contributed by atoms with Gasteiger partial charge in [0.1, 0.15) is 0 Å². The lowest BCUT2D eigenvalue weighted by Gasteiger charge is -2.44. The predicted octanol–water partition coefficient (Wildman–Crippen LogP) is 1.89. The summed E-state index contributed by atoms with van der Waals surface area (Å²) in [6, 6.07) is 7.94. The van der Waals surface area contributed by atoms with Gasteiger partial charge in [0.05, 0.1) is 12.6 Å². The van der Waals surface area contributed by atoms with E-state index >= 15 is 0 Å². The molecule has 2 atom stereocenters. The topological polar surface area (TPSA) is 75.4 Å². The molecule has 0 radical (unpaired) electrons. The molecule has 0 spiro atoms. The van der Waals surface area contributed by atoms with Crippen LogP contribution in [0.1, 0.15) is 37.7 Å². The third kappa shape index (κ3) is 3.96. The third-order valence-corrected chi connectivity index (χ3v) is 4.77. The van der Waals surface area contributed by atoms with Gasteiger partial charge in [-0.05, 0) is 30.9 Å². The van der Waals surface area contributed by atoms with Crippen LogP contribution >= 0.6 is 12.4 Å². The fraction of sp³-hybridized carbons (Fsp3) is 0.529. The highest BCUT2D eigenvalue weighted by molar-refractivity contribution is 5.87. The van der Waals surface area contributed by atoms with Crippen molar-refractivity contribution in [2.75, 3.05) is 12.3 Å². The molecule has 2 fully saturated rings. The number of anilines is 1. The first-order valence-electron chi connectivity index (χ1n) is 8.07. The summed E-state index contributed by atoms with van der Waals surface area (Å²) in [6.45, 7) is 0.199. The van der Waals surface area contributed by atoms with Crippen LogP contribution in [-0.4, -0.2) is 35.3 Å². The first kappa shape index (κ1) is 17.6. The number of nitrogens with two attached hydrogens (primary N) is 1. The number of nitrogen functional groups attached to an aromatic ring is 1. The maximum atomic E-state index is 12.6. The number of fused-ring (bicyclic) bond motifs is 1. The molecule has 0 aromatic heterocycles. The summed E-state index contributed by atoms with van der Waals surface area (Å²) in [5.41, 5.74) is 7.65. The van der Waals surface area contributed by atoms with E-state index in [2.05, 4.69) is 5.32 Å². The highest BCUT2D eigenvalue weighted by Gasteiger charge is 2.38. The molecule has 1 heterocycles. The molecule has 5 nitrogen and oxygen atoms in total. The first-order chi connectivity index (χ1) is 10.6. The zero-order valence-corrected chi connectivity index (χ0v) is 14.0. The van der Waals surface area contributed by atoms with E-state index in [0.29, 0.717) is 12.8 Å². The second-order valence-electron chi connectivity index (χ2n) is 6.25. The van der Waals surface area contributed by atoms with E-state index < -0.39 is 0 Å². The molecule has 1 saturated carbocycles. The maximum Gasteiger partial charge on any atom is 0.239 e. The Bertz CT molecular complexity index is 579. The average Bonchev–Trinajstić information content (AvgIpc) is 2.53. The van der Waals surface area contributed by atoms with Crippen LogP contribution in [0.3, 0.4) is 0 Å². The van der Waals surface area contributed by atoms with Crippen LogP contribution in [0.5, 0.6) is 0 Å². The number of hydrogen-bond acceptors (Lipinski definition) is 3. The van der Waals surface area contributed by atoms with Crippen molar-refractivity contribution in [3.05, 3.63) is 29.8 Å². The van der Waals surface area contributed by atoms with Crippen molar-refractivity contribution in [3.63, 3.8) is 0 Å². The van der Waals surface area contributed by atoms with E-state index in [1.807, 2.05) is 24.3 Å². The Balaban J connectivity index is 0.00000192. The van der Waals surface area contributed by atoms with Gasteiger partial charge in [-0.3, -0.25) is 9.59 Å². The molecular formula is C17H24ClN3O2. The van der Waals surface area contributed by atoms with E-state index in [1.165, 1.54) is 0 Å². The van der Waals surface area contributed by atoms with Gasteiger partial charge in [-0.1, -0.05) is 31.0 Å². The molecule has 0 bridgehead atoms. The van der Waals surface area contributed by atoms with Crippen LogP contribution in [-0.2, 0) is 16.0 Å². The summed E-state index contributed by atoms with van der Waals surface area (Å²) in [6.07, 6.45) is 5.26. The Morgan fingerprint density at radius 1 is 1.26 bits per heavy atom. The number of piperazine rings is 1. The molecule has 23 heavy (non-hydrogen) atoms. The van der Waals surface area contributed by atoms with Crippen molar-refractivity contribution in [1.29, 1.82) is 0 Å². The van der Waals surface area contributed by atoms with E-state index in [0.717, 1.165) is 36.9 Å². The maximum absolute atomic E-state index is 12.6. The number of rotatable bonds is 3. The molecule has 2 aliphatic rings. The summed E-state index contributed by atoms with van der Waals surface area (Å²) in [4.78, 5) is 26.2. The number of halogens is 1. The number of para-hydroxylation sites is 1. The van der Waals surface area contributed by atoms with Crippen LogP contribution in [0.2, 0.25) is 0 Å². The molecule has 3 rings (SSSR count). The Morgan fingerprint density at radius 3 is 2.78 bits per heavy atom. The monoisotopic (exact) mass is 337 g/mol. The Kier molecular flexibility index (Phi) is 5.88. The lowest BCUT2D eigenvalue weighted by Crippen LogP contribution is -2.62. The van der Waals surface area contributed by atoms with Gasteiger partial charge in [0.2, 0.25) is 11.8 Å². The second kappa shape index (κ2) is 7.68. The number of nitrogens with one attached hydrogen (secondary N) is 1. The van der Waals surface area contributed by atoms with Gasteiger partial charge in [0, 0.05) is 18.2 Å². The summed E-state index contributed by atoms with van der Waals surface area (Å²) in [5, 5.41) is 3.03. The van der Waals surface area contributed by atoms with Crippen molar-refractivity contribution in [2.45, 2.75) is 50.6 Å². The number of benzene rings is 1. The lowest BCUT2D eigenvalue weighted by molar-refractivity contribution is -0.144. The Morgan fingerprint density at radius 2 is 2.00 bits per heavy atom. The van der Waals surface area contributed by atoms with Gasteiger partial charge in [-0.15, -0.1) is 12.4 Å². The van der Waals surface area contributed by atoms with Gasteiger partial charge in [-0.2, -0.15) is 0 Å². The van der Waals surface area contributed by atoms with Crippen molar-refractivity contribution in [3.8, 4) is 0 Å². The number of hydrogen-bond donors (Lipinski definition) is 2. The molecule has 126 valence electrons. The minimum absolute atomic E-state index is 0. The molecular weight excluding hydrogens is 314 g/mol. The number of carbonyl (C=O) groups excluding carboxylic acids is 2. The highest BCUT2D eigenvalue weighted by atomic mass is 35.5. The van der Waals surface area contributed by atoms with Gasteiger partial charge in [0.15, 0.2) is 0 Å². The van der Waals surface area contributed by atoms with Crippen LogP contribution in [0.15, 0.2) is 24.3 Å². The number of carbonyl (C=O) groups is 2. The molecule has 6 heteroatoms. The lowest BCUT2D eigenvalue weighted by atomic mass is 9.87. The molecule has 2 amide bonds. The van der Waals surface area contributed by atoms with E-state index in [-0.39, 0.29) is 42.8 Å². The summed E-state index contributed by atoms with van der Waals surface area (Å²) in [7, 11) is 0. The highest BCUT2D eigenvalue weighted by Crippen LogP contribution is 2.26. The Hall–Kier alpha value is -1.75. The summed E-state index contributed by atoms with van der Waals surface area (Å²) in [5.74, 6) is 0.0331. The molecule has 1 aromatic carbocycles. The van der Waals surface area contributed by atoms with Crippen molar-refractivity contribution < 1.29 is 9.59 Å². The van der Waals surface area contributed by atoms with Crippen molar-refractivity contribution in [2.24, 2.45) is 0 Å². The minimum Gasteiger partial charge on any atom is -0.399 e. The number of aryl methyl sites for hydroxylation is 1. The second-order valence-corrected chi connectivity index (χ2v) is 6.25. The number of amides is 2. The molecule has 2 unspecified atom stereocenters. The van der Waals surface area contributed by atoms with Crippen LogP contribution in [0, 0.1) is 0 Å². The van der Waals surface area contributed by atoms with Crippen LogP contribution < -0.4 is 11.1 Å². The zero-order valence-electron chi connectivity index (χ0n) is 13.2. The standard InChI is InChI=1S/C17H23N3O2.ClH/c18-13-6-2-1-5-12(13)9-10-17(22)20-11-16(21)19-14-7-3-4-8-15(14)20;/h1-2,5-6,14-15H,3-4,7-11,18H2,(H,19,21);1H. The molecule has 1 aliphatic carbocycles. The SMILES string of the molecule is Cl.Nc1ccccc1CCC(=O)N1CC(=O)NC2CCCCC21. The quantitative estimate of drug-likeness (QED) is 0.827. The molecule has 3 N–H and O–H groups in total. The Labute approximate surface area is 143 Å². The molecule has 1 saturated heterocycles. The average molecular weight is 338 g/mol. The zero-order chi connectivity index (χ0) is 15.5. The van der Waals surface area contributed by atoms with Gasteiger partial charge < -0.3 is 16.0 Å². The largest absolute Gasteiger partial charge is 0.399 e. The smallest absolute Gasteiger partial charge is 0.239 e. The van der Waals surface area contributed by atoms with E-state index in [9.17, 15) is 9.59 Å². The first-order valence-corrected chi connectivity index (χ1v) is 8.07. The van der Waals surface area contributed by atoms with Gasteiger partial charge >= 0.3 is 0 Å². The molecule has 1 aromatic rings. The van der Waals surface area contributed by atoms with E-state index in [4.69, 9.17) is 5.73 Å². The van der Waals surface area contributed by atoms with Crippen molar-refractivity contribution in [1.82, 2.24) is 10.2 Å². The molecule has 1 aliphatic heterocycles. The van der Waals surface area contributed by atoms with Crippen LogP contribution in [0.4, 0.5) is 5.69 Å².